The number of hydrogen-bond donors (Lipinski definition) is 4. The van der Waals surface area contributed by atoms with Crippen molar-refractivity contribution in [2.75, 3.05) is 13.1 Å². The number of nitrogens with zero attached hydrogens (tertiary/aromatic N) is 2. The first-order valence-corrected chi connectivity index (χ1v) is 13.1. The molecular weight excluding hydrogens is 500 g/mol. The van der Waals surface area contributed by atoms with E-state index in [-0.39, 0.29) is 5.96 Å². The van der Waals surface area contributed by atoms with Gasteiger partial charge in [0.25, 0.3) is 5.91 Å². The molecule has 39 heavy (non-hydrogen) atoms. The lowest BCUT2D eigenvalue weighted by Crippen LogP contribution is -2.52. The van der Waals surface area contributed by atoms with E-state index in [1.54, 1.807) is 26.8 Å². The van der Waals surface area contributed by atoms with Gasteiger partial charge < -0.3 is 36.5 Å². The van der Waals surface area contributed by atoms with E-state index in [2.05, 4.69) is 15.6 Å². The van der Waals surface area contributed by atoms with Crippen LogP contribution in [0.5, 0.6) is 0 Å². The Labute approximate surface area is 228 Å². The summed E-state index contributed by atoms with van der Waals surface area (Å²) in [4.78, 5) is 57.0. The molecule has 11 nitrogen and oxygen atoms in total. The van der Waals surface area contributed by atoms with Crippen molar-refractivity contribution < 1.29 is 23.9 Å². The molecule has 2 aromatic rings. The Balaban J connectivity index is 1.83. The van der Waals surface area contributed by atoms with Crippen LogP contribution in [0, 0.1) is 0 Å². The second-order valence-corrected chi connectivity index (χ2v) is 10.5. The molecule has 1 aliphatic rings. The van der Waals surface area contributed by atoms with Gasteiger partial charge in [0.15, 0.2) is 5.96 Å². The van der Waals surface area contributed by atoms with Crippen LogP contribution in [0.4, 0.5) is 4.79 Å². The number of aldehydes is 1. The molecule has 0 saturated carbocycles. The van der Waals surface area contributed by atoms with Crippen LogP contribution in [0.1, 0.15) is 58.1 Å². The Hall–Kier alpha value is -4.15. The highest BCUT2D eigenvalue weighted by Crippen LogP contribution is 2.29. The summed E-state index contributed by atoms with van der Waals surface area (Å²) in [7, 11) is 0. The number of nitrogens with two attached hydrogens (primary N) is 2. The summed E-state index contributed by atoms with van der Waals surface area (Å²) in [5.74, 6) is -0.887. The number of fused-ring (bicyclic) bond motifs is 1. The van der Waals surface area contributed by atoms with Crippen molar-refractivity contribution in [2.45, 2.75) is 70.2 Å². The van der Waals surface area contributed by atoms with Crippen molar-refractivity contribution in [2.24, 2.45) is 16.5 Å². The van der Waals surface area contributed by atoms with Crippen molar-refractivity contribution in [1.82, 2.24) is 15.5 Å². The molecule has 3 amide bonds. The van der Waals surface area contributed by atoms with Gasteiger partial charge in [0.1, 0.15) is 24.0 Å². The fourth-order valence-electron chi connectivity index (χ4n) is 4.64. The Morgan fingerprint density at radius 3 is 2.54 bits per heavy atom. The van der Waals surface area contributed by atoms with Crippen LogP contribution in [-0.4, -0.2) is 65.8 Å². The molecule has 0 bridgehead atoms. The first-order valence-electron chi connectivity index (χ1n) is 13.1. The number of ether oxygens (including phenoxy) is 1. The monoisotopic (exact) mass is 538 g/mol. The summed E-state index contributed by atoms with van der Waals surface area (Å²) in [5.41, 5.74) is 10.5. The highest BCUT2D eigenvalue weighted by Gasteiger charge is 2.39. The number of guanidine groups is 1. The van der Waals surface area contributed by atoms with Crippen LogP contribution in [0.2, 0.25) is 0 Å². The highest BCUT2D eigenvalue weighted by molar-refractivity contribution is 5.97. The minimum atomic E-state index is -1.08. The number of carbonyl (C=O) groups excluding carboxylic acids is 4. The summed E-state index contributed by atoms with van der Waals surface area (Å²) in [6, 6.07) is 10.5. The number of aliphatic imine (C=N–C) groups is 1. The molecular formula is C28H38N6O5. The second-order valence-electron chi connectivity index (χ2n) is 10.5. The van der Waals surface area contributed by atoms with Crippen LogP contribution in [-0.2, 0) is 19.1 Å². The average molecular weight is 539 g/mol. The van der Waals surface area contributed by atoms with Crippen molar-refractivity contribution in [3.63, 3.8) is 0 Å². The predicted octanol–water partition coefficient (Wildman–Crippen LogP) is 2.13. The number of rotatable bonds is 10. The topological polar surface area (TPSA) is 169 Å². The van der Waals surface area contributed by atoms with Gasteiger partial charge in [-0.1, -0.05) is 42.5 Å². The Kier molecular flexibility index (Phi) is 9.86. The third kappa shape index (κ3) is 8.17. The third-order valence-corrected chi connectivity index (χ3v) is 6.34. The minimum Gasteiger partial charge on any atom is -0.444 e. The summed E-state index contributed by atoms with van der Waals surface area (Å²) in [5, 5.41) is 7.19. The zero-order valence-electron chi connectivity index (χ0n) is 22.7. The summed E-state index contributed by atoms with van der Waals surface area (Å²) >= 11 is 0. The van der Waals surface area contributed by atoms with Crippen LogP contribution in [0.25, 0.3) is 10.8 Å². The third-order valence-electron chi connectivity index (χ3n) is 6.34. The molecule has 6 N–H and O–H groups in total. The van der Waals surface area contributed by atoms with Crippen molar-refractivity contribution in [3.8, 4) is 0 Å². The zero-order chi connectivity index (χ0) is 28.6. The van der Waals surface area contributed by atoms with Gasteiger partial charge in [0, 0.05) is 13.1 Å². The fourth-order valence-corrected chi connectivity index (χ4v) is 4.64. The van der Waals surface area contributed by atoms with E-state index < -0.39 is 41.6 Å². The van der Waals surface area contributed by atoms with Gasteiger partial charge in [-0.2, -0.15) is 0 Å². The van der Waals surface area contributed by atoms with Gasteiger partial charge in [-0.15, -0.1) is 0 Å². The van der Waals surface area contributed by atoms with E-state index in [9.17, 15) is 19.2 Å². The molecule has 0 aromatic heterocycles. The number of alkyl carbamates (subject to hydrolysis) is 1. The van der Waals surface area contributed by atoms with Crippen LogP contribution < -0.4 is 22.1 Å². The minimum absolute atomic E-state index is 0.0393. The lowest BCUT2D eigenvalue weighted by Gasteiger charge is -2.30. The van der Waals surface area contributed by atoms with Gasteiger partial charge in [0.05, 0.1) is 6.04 Å². The number of carbonyl (C=O) groups is 4. The fraction of sp³-hybridized carbons (Fsp3) is 0.464. The molecule has 1 saturated heterocycles. The lowest BCUT2D eigenvalue weighted by atomic mass is 9.97. The molecule has 3 rings (SSSR count). The molecule has 11 heteroatoms. The maximum atomic E-state index is 14.0. The van der Waals surface area contributed by atoms with Crippen molar-refractivity contribution in [1.29, 1.82) is 0 Å². The quantitative estimate of drug-likeness (QED) is 0.155. The van der Waals surface area contributed by atoms with E-state index >= 15 is 0 Å². The standard InChI is InChI=1S/C28H38N6O5/c1-28(2,3)39-27(38)33-23(21-13-6-10-18-9-4-5-12-20(18)21)25(37)34-16-8-14-22(34)24(36)32-19(17-35)11-7-15-31-26(29)30/h4-6,9-10,12-13,17,19,22-23H,7-8,11,14-16H2,1-3H3,(H,32,36)(H,33,38)(H4,29,30,31)/t19-,22-,23-/m0/s1. The lowest BCUT2D eigenvalue weighted by molar-refractivity contribution is -0.140. The first-order chi connectivity index (χ1) is 18.5. The van der Waals surface area contributed by atoms with Crippen molar-refractivity contribution >= 4 is 40.9 Å². The van der Waals surface area contributed by atoms with E-state index in [0.717, 1.165) is 10.8 Å². The Morgan fingerprint density at radius 2 is 1.85 bits per heavy atom. The zero-order valence-corrected chi connectivity index (χ0v) is 22.7. The SMILES string of the molecule is CC(C)(C)OC(=O)N[C@H](C(=O)N1CCC[C@H]1C(=O)N[C@H](C=O)CCCN=C(N)N)c1cccc2ccccc12. The molecule has 1 heterocycles. The maximum Gasteiger partial charge on any atom is 0.408 e. The Morgan fingerprint density at radius 1 is 1.13 bits per heavy atom. The second kappa shape index (κ2) is 13.1. The number of benzene rings is 2. The molecule has 0 aliphatic carbocycles. The molecule has 210 valence electrons. The average Bonchev–Trinajstić information content (AvgIpc) is 3.37. The molecule has 3 atom stereocenters. The first kappa shape index (κ1) is 29.4. The molecule has 0 unspecified atom stereocenters. The molecule has 2 aromatic carbocycles. The number of hydrogen-bond acceptors (Lipinski definition) is 6. The van der Waals surface area contributed by atoms with Gasteiger partial charge >= 0.3 is 6.09 Å². The van der Waals surface area contributed by atoms with Gasteiger partial charge in [-0.25, -0.2) is 4.79 Å². The maximum absolute atomic E-state index is 14.0. The predicted molar refractivity (Wildman–Crippen MR) is 149 cm³/mol. The van der Waals surface area contributed by atoms with Crippen LogP contribution in [0.3, 0.4) is 0 Å². The smallest absolute Gasteiger partial charge is 0.408 e. The van der Waals surface area contributed by atoms with E-state index in [1.165, 1.54) is 4.90 Å². The molecule has 0 spiro atoms. The van der Waals surface area contributed by atoms with E-state index in [4.69, 9.17) is 16.2 Å². The number of nitrogens with one attached hydrogen (secondary N) is 2. The van der Waals surface area contributed by atoms with Gasteiger partial charge in [0.2, 0.25) is 5.91 Å². The summed E-state index contributed by atoms with van der Waals surface area (Å²) in [6.45, 7) is 5.89. The number of amides is 3. The van der Waals surface area contributed by atoms with Gasteiger partial charge in [-0.05, 0) is 62.8 Å². The van der Waals surface area contributed by atoms with Crippen molar-refractivity contribution in [3.05, 3.63) is 48.0 Å². The summed E-state index contributed by atoms with van der Waals surface area (Å²) < 4.78 is 5.45. The van der Waals surface area contributed by atoms with Crippen LogP contribution >= 0.6 is 0 Å². The molecule has 1 aliphatic heterocycles. The Bertz CT molecular complexity index is 1220. The highest BCUT2D eigenvalue weighted by atomic mass is 16.6. The largest absolute Gasteiger partial charge is 0.444 e. The van der Waals surface area contributed by atoms with Crippen LogP contribution in [0.15, 0.2) is 47.5 Å². The molecule has 0 radical (unpaired) electrons. The number of likely N-dealkylation sites (tertiary alicyclic amines) is 1. The summed E-state index contributed by atoms with van der Waals surface area (Å²) in [6.07, 6.45) is 1.82. The normalized spacial score (nSPS) is 16.7. The van der Waals surface area contributed by atoms with Gasteiger partial charge in [-0.3, -0.25) is 14.6 Å². The van der Waals surface area contributed by atoms with E-state index in [1.807, 2.05) is 36.4 Å². The van der Waals surface area contributed by atoms with E-state index in [0.29, 0.717) is 50.6 Å². The molecule has 1 fully saturated rings.